The minimum absolute atomic E-state index is 0.281. The lowest BCUT2D eigenvalue weighted by molar-refractivity contribution is 0.0347. The molecule has 0 amide bonds. The second kappa shape index (κ2) is 5.37. The van der Waals surface area contributed by atoms with E-state index >= 15 is 0 Å². The number of hydrogen-bond donors (Lipinski definition) is 2. The molecule has 1 aliphatic rings. The SMILES string of the molecule is C=CCNC(CN)C1CCC(C)O1. The molecule has 3 nitrogen and oxygen atoms in total. The van der Waals surface area contributed by atoms with E-state index in [-0.39, 0.29) is 6.04 Å². The molecule has 3 N–H and O–H groups in total. The fourth-order valence-electron chi connectivity index (χ4n) is 1.73. The van der Waals surface area contributed by atoms with E-state index in [9.17, 15) is 0 Å². The van der Waals surface area contributed by atoms with Gasteiger partial charge in [-0.15, -0.1) is 6.58 Å². The van der Waals surface area contributed by atoms with Gasteiger partial charge < -0.3 is 15.8 Å². The van der Waals surface area contributed by atoms with Crippen LogP contribution in [0.1, 0.15) is 19.8 Å². The molecule has 1 saturated heterocycles. The maximum Gasteiger partial charge on any atom is 0.0745 e. The van der Waals surface area contributed by atoms with Crippen LogP contribution in [0.2, 0.25) is 0 Å². The number of hydrogen-bond acceptors (Lipinski definition) is 3. The van der Waals surface area contributed by atoms with Gasteiger partial charge in [0.2, 0.25) is 0 Å². The molecule has 1 heterocycles. The summed E-state index contributed by atoms with van der Waals surface area (Å²) in [6.07, 6.45) is 4.80. The predicted molar refractivity (Wildman–Crippen MR) is 54.6 cm³/mol. The zero-order valence-electron chi connectivity index (χ0n) is 8.33. The van der Waals surface area contributed by atoms with Crippen molar-refractivity contribution in [2.45, 2.75) is 38.0 Å². The van der Waals surface area contributed by atoms with Gasteiger partial charge in [-0.25, -0.2) is 0 Å². The molecular formula is C10H20N2O. The van der Waals surface area contributed by atoms with Gasteiger partial charge in [0.05, 0.1) is 12.2 Å². The molecule has 3 atom stereocenters. The predicted octanol–water partition coefficient (Wildman–Crippen LogP) is 0.657. The summed E-state index contributed by atoms with van der Waals surface area (Å²) >= 11 is 0. The molecule has 13 heavy (non-hydrogen) atoms. The Kier molecular flexibility index (Phi) is 4.42. The van der Waals surface area contributed by atoms with Crippen LogP contribution < -0.4 is 11.1 Å². The van der Waals surface area contributed by atoms with Crippen molar-refractivity contribution in [2.75, 3.05) is 13.1 Å². The van der Waals surface area contributed by atoms with Gasteiger partial charge in [0.1, 0.15) is 0 Å². The van der Waals surface area contributed by atoms with E-state index in [0.29, 0.717) is 18.8 Å². The van der Waals surface area contributed by atoms with Crippen LogP contribution in [0.3, 0.4) is 0 Å². The highest BCUT2D eigenvalue weighted by atomic mass is 16.5. The molecule has 3 unspecified atom stereocenters. The fraction of sp³-hybridized carbons (Fsp3) is 0.800. The lowest BCUT2D eigenvalue weighted by Gasteiger charge is -2.22. The normalized spacial score (nSPS) is 30.3. The standard InChI is InChI=1S/C10H20N2O/c1-3-6-12-9(7-11)10-5-4-8(2)13-10/h3,8-10,12H,1,4-7,11H2,2H3. The molecule has 0 radical (unpaired) electrons. The largest absolute Gasteiger partial charge is 0.374 e. The lowest BCUT2D eigenvalue weighted by Crippen LogP contribution is -2.45. The minimum Gasteiger partial charge on any atom is -0.374 e. The van der Waals surface area contributed by atoms with Gasteiger partial charge in [-0.3, -0.25) is 0 Å². The van der Waals surface area contributed by atoms with Crippen LogP contribution in [0.4, 0.5) is 0 Å². The van der Waals surface area contributed by atoms with Gasteiger partial charge in [-0.1, -0.05) is 6.08 Å². The number of rotatable bonds is 5. The maximum absolute atomic E-state index is 5.73. The number of nitrogens with one attached hydrogen (secondary N) is 1. The Balaban J connectivity index is 2.32. The Hall–Kier alpha value is -0.380. The molecule has 1 fully saturated rings. The van der Waals surface area contributed by atoms with Gasteiger partial charge in [-0.05, 0) is 19.8 Å². The third-order valence-electron chi connectivity index (χ3n) is 2.49. The zero-order chi connectivity index (χ0) is 9.68. The molecule has 0 spiro atoms. The van der Waals surface area contributed by atoms with Crippen molar-refractivity contribution in [3.8, 4) is 0 Å². The Morgan fingerprint density at radius 2 is 2.46 bits per heavy atom. The van der Waals surface area contributed by atoms with Crippen LogP contribution in [-0.4, -0.2) is 31.3 Å². The fourth-order valence-corrected chi connectivity index (χ4v) is 1.73. The summed E-state index contributed by atoms with van der Waals surface area (Å²) in [5.41, 5.74) is 5.66. The Morgan fingerprint density at radius 1 is 1.69 bits per heavy atom. The van der Waals surface area contributed by atoms with E-state index in [1.165, 1.54) is 0 Å². The van der Waals surface area contributed by atoms with Crippen LogP contribution in [0.5, 0.6) is 0 Å². The Bertz CT molecular complexity index is 161. The van der Waals surface area contributed by atoms with Crippen molar-refractivity contribution in [3.05, 3.63) is 12.7 Å². The maximum atomic E-state index is 5.73. The van der Waals surface area contributed by atoms with Gasteiger partial charge in [0.25, 0.3) is 0 Å². The van der Waals surface area contributed by atoms with E-state index in [1.54, 1.807) is 0 Å². The van der Waals surface area contributed by atoms with Gasteiger partial charge >= 0.3 is 0 Å². The van der Waals surface area contributed by atoms with E-state index in [0.717, 1.165) is 19.4 Å². The van der Waals surface area contributed by atoms with Gasteiger partial charge in [-0.2, -0.15) is 0 Å². The van der Waals surface area contributed by atoms with E-state index in [4.69, 9.17) is 10.5 Å². The Labute approximate surface area is 80.3 Å². The molecular weight excluding hydrogens is 164 g/mol. The first kappa shape index (κ1) is 10.7. The summed E-state index contributed by atoms with van der Waals surface area (Å²) in [5.74, 6) is 0. The molecule has 0 aromatic heterocycles. The molecule has 0 aromatic carbocycles. The van der Waals surface area contributed by atoms with Gasteiger partial charge in [0, 0.05) is 19.1 Å². The highest BCUT2D eigenvalue weighted by molar-refractivity contribution is 4.85. The van der Waals surface area contributed by atoms with Crippen molar-refractivity contribution < 1.29 is 4.74 Å². The summed E-state index contributed by atoms with van der Waals surface area (Å²) in [6.45, 7) is 7.21. The Morgan fingerprint density at radius 3 is 2.92 bits per heavy atom. The second-order valence-electron chi connectivity index (χ2n) is 3.60. The molecule has 0 aromatic rings. The van der Waals surface area contributed by atoms with Crippen LogP contribution in [0.15, 0.2) is 12.7 Å². The monoisotopic (exact) mass is 184 g/mol. The van der Waals surface area contributed by atoms with Gasteiger partial charge in [0.15, 0.2) is 0 Å². The summed E-state index contributed by atoms with van der Waals surface area (Å²) in [6, 6.07) is 0.281. The van der Waals surface area contributed by atoms with E-state index in [2.05, 4.69) is 18.8 Å². The first-order valence-electron chi connectivity index (χ1n) is 4.97. The topological polar surface area (TPSA) is 47.3 Å². The highest BCUT2D eigenvalue weighted by Gasteiger charge is 2.27. The first-order valence-corrected chi connectivity index (χ1v) is 4.97. The van der Waals surface area contributed by atoms with Crippen molar-refractivity contribution >= 4 is 0 Å². The smallest absolute Gasteiger partial charge is 0.0745 e. The third-order valence-corrected chi connectivity index (χ3v) is 2.49. The molecule has 76 valence electrons. The van der Waals surface area contributed by atoms with Crippen LogP contribution >= 0.6 is 0 Å². The molecule has 1 aliphatic heterocycles. The molecule has 0 bridgehead atoms. The highest BCUT2D eigenvalue weighted by Crippen LogP contribution is 2.21. The molecule has 1 rings (SSSR count). The van der Waals surface area contributed by atoms with E-state index in [1.807, 2.05) is 6.08 Å². The third kappa shape index (κ3) is 3.10. The number of nitrogens with two attached hydrogens (primary N) is 1. The summed E-state index contributed by atoms with van der Waals surface area (Å²) in [7, 11) is 0. The van der Waals surface area contributed by atoms with Crippen LogP contribution in [0, 0.1) is 0 Å². The minimum atomic E-state index is 0.281. The first-order chi connectivity index (χ1) is 6.27. The van der Waals surface area contributed by atoms with Crippen LogP contribution in [-0.2, 0) is 4.74 Å². The average Bonchev–Trinajstić information content (AvgIpc) is 2.54. The second-order valence-corrected chi connectivity index (χ2v) is 3.60. The van der Waals surface area contributed by atoms with Crippen molar-refractivity contribution in [1.29, 1.82) is 0 Å². The average molecular weight is 184 g/mol. The van der Waals surface area contributed by atoms with Crippen molar-refractivity contribution in [2.24, 2.45) is 5.73 Å². The summed E-state index contributed by atoms with van der Waals surface area (Å²) in [5, 5.41) is 3.31. The quantitative estimate of drug-likeness (QED) is 0.617. The molecule has 0 saturated carbocycles. The summed E-state index contributed by atoms with van der Waals surface area (Å²) in [4.78, 5) is 0. The zero-order valence-corrected chi connectivity index (χ0v) is 8.33. The van der Waals surface area contributed by atoms with Crippen LogP contribution in [0.25, 0.3) is 0 Å². The summed E-state index contributed by atoms with van der Waals surface area (Å²) < 4.78 is 5.73. The van der Waals surface area contributed by atoms with E-state index < -0.39 is 0 Å². The van der Waals surface area contributed by atoms with Crippen molar-refractivity contribution in [3.63, 3.8) is 0 Å². The van der Waals surface area contributed by atoms with Crippen molar-refractivity contribution in [1.82, 2.24) is 5.32 Å². The number of ether oxygens (including phenoxy) is 1. The lowest BCUT2D eigenvalue weighted by atomic mass is 10.1. The molecule has 3 heteroatoms. The molecule has 0 aliphatic carbocycles.